The first-order valence-electron chi connectivity index (χ1n) is 4.09. The highest BCUT2D eigenvalue weighted by molar-refractivity contribution is 7.16. The molecule has 1 aromatic heterocycles. The van der Waals surface area contributed by atoms with Gasteiger partial charge >= 0.3 is 0 Å². The second-order valence-electron chi connectivity index (χ2n) is 2.73. The van der Waals surface area contributed by atoms with Crippen LogP contribution in [0.2, 0.25) is 4.34 Å². The van der Waals surface area contributed by atoms with E-state index in [2.05, 4.69) is 18.3 Å². The van der Waals surface area contributed by atoms with Gasteiger partial charge in [-0.2, -0.15) is 5.26 Å². The molecule has 0 aliphatic carbocycles. The normalized spacial score (nSPS) is 12.4. The van der Waals surface area contributed by atoms with Gasteiger partial charge in [0.15, 0.2) is 0 Å². The molecule has 1 rings (SSSR count). The lowest BCUT2D eigenvalue weighted by Gasteiger charge is -2.09. The van der Waals surface area contributed by atoms with E-state index in [1.807, 2.05) is 12.1 Å². The Labute approximate surface area is 87.1 Å². The standard InChI is InChI=1S/C9H11ClN2S/c1-7(12-6-2-5-11)8-3-4-9(10)13-8/h3-4,7,12H,2,6H2,1H3. The Morgan fingerprint density at radius 1 is 1.69 bits per heavy atom. The second kappa shape index (κ2) is 5.23. The van der Waals surface area contributed by atoms with Gasteiger partial charge in [0, 0.05) is 23.9 Å². The fraction of sp³-hybridized carbons (Fsp3) is 0.444. The Kier molecular flexibility index (Phi) is 4.23. The molecule has 4 heteroatoms. The van der Waals surface area contributed by atoms with Gasteiger partial charge in [0.2, 0.25) is 0 Å². The van der Waals surface area contributed by atoms with Gasteiger partial charge in [-0.1, -0.05) is 11.6 Å². The second-order valence-corrected chi connectivity index (χ2v) is 4.47. The number of thiophene rings is 1. The van der Waals surface area contributed by atoms with Crippen molar-refractivity contribution in [3.05, 3.63) is 21.3 Å². The summed E-state index contributed by atoms with van der Waals surface area (Å²) in [5.74, 6) is 0. The minimum Gasteiger partial charge on any atom is -0.308 e. The van der Waals surface area contributed by atoms with Crippen molar-refractivity contribution in [1.82, 2.24) is 5.32 Å². The predicted molar refractivity (Wildman–Crippen MR) is 56.0 cm³/mol. The van der Waals surface area contributed by atoms with Crippen molar-refractivity contribution in [1.29, 1.82) is 5.26 Å². The first kappa shape index (κ1) is 10.5. The van der Waals surface area contributed by atoms with E-state index in [1.165, 1.54) is 4.88 Å². The van der Waals surface area contributed by atoms with Crippen LogP contribution in [0, 0.1) is 11.3 Å². The highest BCUT2D eigenvalue weighted by atomic mass is 35.5. The molecule has 1 N–H and O–H groups in total. The Hall–Kier alpha value is -0.560. The van der Waals surface area contributed by atoms with Gasteiger partial charge in [-0.25, -0.2) is 0 Å². The quantitative estimate of drug-likeness (QED) is 0.783. The third-order valence-electron chi connectivity index (χ3n) is 1.71. The van der Waals surface area contributed by atoms with Gasteiger partial charge in [-0.15, -0.1) is 11.3 Å². The zero-order valence-corrected chi connectivity index (χ0v) is 8.95. The molecule has 0 bridgehead atoms. The first-order chi connectivity index (χ1) is 6.24. The molecule has 1 unspecified atom stereocenters. The highest BCUT2D eigenvalue weighted by Gasteiger charge is 2.06. The number of hydrogen-bond acceptors (Lipinski definition) is 3. The van der Waals surface area contributed by atoms with Crippen molar-refractivity contribution in [3.8, 4) is 6.07 Å². The zero-order chi connectivity index (χ0) is 9.68. The monoisotopic (exact) mass is 214 g/mol. The Morgan fingerprint density at radius 3 is 3.00 bits per heavy atom. The maximum Gasteiger partial charge on any atom is 0.0931 e. The van der Waals surface area contributed by atoms with Crippen LogP contribution < -0.4 is 5.32 Å². The Morgan fingerprint density at radius 2 is 2.46 bits per heavy atom. The molecule has 13 heavy (non-hydrogen) atoms. The summed E-state index contributed by atoms with van der Waals surface area (Å²) in [7, 11) is 0. The Bertz CT molecular complexity index is 303. The summed E-state index contributed by atoms with van der Waals surface area (Å²) in [5, 5.41) is 11.6. The van der Waals surface area contributed by atoms with Crippen molar-refractivity contribution in [2.24, 2.45) is 0 Å². The summed E-state index contributed by atoms with van der Waals surface area (Å²) in [4.78, 5) is 1.21. The molecule has 2 nitrogen and oxygen atoms in total. The lowest BCUT2D eigenvalue weighted by Crippen LogP contribution is -2.18. The van der Waals surface area contributed by atoms with E-state index in [0.717, 1.165) is 10.9 Å². The number of halogens is 1. The number of nitrogens with zero attached hydrogens (tertiary/aromatic N) is 1. The van der Waals surface area contributed by atoms with Crippen LogP contribution in [0.1, 0.15) is 24.3 Å². The molecule has 0 saturated carbocycles. The number of nitrogens with one attached hydrogen (secondary N) is 1. The van der Waals surface area contributed by atoms with E-state index in [9.17, 15) is 0 Å². The van der Waals surface area contributed by atoms with Crippen LogP contribution in [0.3, 0.4) is 0 Å². The number of hydrogen-bond donors (Lipinski definition) is 1. The van der Waals surface area contributed by atoms with Crippen LogP contribution in [0.5, 0.6) is 0 Å². The van der Waals surface area contributed by atoms with E-state index in [-0.39, 0.29) is 6.04 Å². The molecule has 0 radical (unpaired) electrons. The van der Waals surface area contributed by atoms with Crippen LogP contribution in [0.15, 0.2) is 12.1 Å². The van der Waals surface area contributed by atoms with Gasteiger partial charge in [-0.3, -0.25) is 0 Å². The molecule has 70 valence electrons. The molecule has 0 aliphatic rings. The summed E-state index contributed by atoms with van der Waals surface area (Å²) in [6.07, 6.45) is 0.545. The molecule has 1 heterocycles. The maximum atomic E-state index is 8.35. The van der Waals surface area contributed by atoms with Crippen molar-refractivity contribution in [2.45, 2.75) is 19.4 Å². The van der Waals surface area contributed by atoms with E-state index in [1.54, 1.807) is 11.3 Å². The van der Waals surface area contributed by atoms with E-state index in [0.29, 0.717) is 6.42 Å². The minimum atomic E-state index is 0.283. The van der Waals surface area contributed by atoms with E-state index in [4.69, 9.17) is 16.9 Å². The van der Waals surface area contributed by atoms with Crippen LogP contribution >= 0.6 is 22.9 Å². The third-order valence-corrected chi connectivity index (χ3v) is 3.12. The molecular weight excluding hydrogens is 204 g/mol. The summed E-state index contributed by atoms with van der Waals surface area (Å²) < 4.78 is 0.809. The fourth-order valence-corrected chi connectivity index (χ4v) is 2.09. The topological polar surface area (TPSA) is 35.8 Å². The predicted octanol–water partition coefficient (Wildman–Crippen LogP) is 2.97. The Balaban J connectivity index is 2.40. The molecule has 0 spiro atoms. The van der Waals surface area contributed by atoms with Crippen molar-refractivity contribution < 1.29 is 0 Å². The SMILES string of the molecule is CC(NCCC#N)c1ccc(Cl)s1. The zero-order valence-electron chi connectivity index (χ0n) is 7.38. The van der Waals surface area contributed by atoms with E-state index >= 15 is 0 Å². The molecular formula is C9H11ClN2S. The van der Waals surface area contributed by atoms with Crippen LogP contribution in [-0.2, 0) is 0 Å². The summed E-state index contributed by atoms with van der Waals surface area (Å²) in [5.41, 5.74) is 0. The third kappa shape index (κ3) is 3.35. The summed E-state index contributed by atoms with van der Waals surface area (Å²) in [6, 6.07) is 6.28. The maximum absolute atomic E-state index is 8.35. The van der Waals surface area contributed by atoms with Gasteiger partial charge in [0.1, 0.15) is 0 Å². The van der Waals surface area contributed by atoms with Crippen molar-refractivity contribution in [2.75, 3.05) is 6.54 Å². The number of nitriles is 1. The van der Waals surface area contributed by atoms with Crippen LogP contribution in [0.25, 0.3) is 0 Å². The lowest BCUT2D eigenvalue weighted by atomic mass is 10.2. The highest BCUT2D eigenvalue weighted by Crippen LogP contribution is 2.26. The molecule has 1 aromatic rings. The van der Waals surface area contributed by atoms with Gasteiger partial charge < -0.3 is 5.32 Å². The van der Waals surface area contributed by atoms with Crippen molar-refractivity contribution in [3.63, 3.8) is 0 Å². The van der Waals surface area contributed by atoms with Gasteiger partial charge in [0.25, 0.3) is 0 Å². The average Bonchev–Trinajstić information content (AvgIpc) is 2.52. The summed E-state index contributed by atoms with van der Waals surface area (Å²) >= 11 is 7.38. The minimum absolute atomic E-state index is 0.283. The fourth-order valence-electron chi connectivity index (χ4n) is 1.01. The molecule has 0 aliphatic heterocycles. The van der Waals surface area contributed by atoms with Gasteiger partial charge in [0.05, 0.1) is 10.4 Å². The molecule has 0 fully saturated rings. The van der Waals surface area contributed by atoms with Crippen LogP contribution in [-0.4, -0.2) is 6.54 Å². The van der Waals surface area contributed by atoms with Gasteiger partial charge in [-0.05, 0) is 19.1 Å². The molecule has 0 saturated heterocycles. The largest absolute Gasteiger partial charge is 0.308 e. The molecule has 0 aromatic carbocycles. The van der Waals surface area contributed by atoms with Crippen molar-refractivity contribution >= 4 is 22.9 Å². The molecule has 0 amide bonds. The van der Waals surface area contributed by atoms with E-state index < -0.39 is 0 Å². The number of rotatable bonds is 4. The summed E-state index contributed by atoms with van der Waals surface area (Å²) in [6.45, 7) is 2.80. The average molecular weight is 215 g/mol. The van der Waals surface area contributed by atoms with Crippen LogP contribution in [0.4, 0.5) is 0 Å². The molecule has 1 atom stereocenters. The smallest absolute Gasteiger partial charge is 0.0931 e. The first-order valence-corrected chi connectivity index (χ1v) is 5.29. The lowest BCUT2D eigenvalue weighted by molar-refractivity contribution is 0.591.